The molecular weight excluding hydrogens is 204 g/mol. The van der Waals surface area contributed by atoms with E-state index < -0.39 is 0 Å². The van der Waals surface area contributed by atoms with E-state index >= 15 is 0 Å². The average molecular weight is 218 g/mol. The molecule has 0 aliphatic carbocycles. The molecule has 0 amide bonds. The summed E-state index contributed by atoms with van der Waals surface area (Å²) in [5, 5.41) is 0. The van der Waals surface area contributed by atoms with E-state index in [0.717, 1.165) is 22.6 Å². The van der Waals surface area contributed by atoms with Crippen LogP contribution in [-0.2, 0) is 0 Å². The maximum Gasteiger partial charge on any atom is 0.292 e. The molecule has 0 bridgehead atoms. The smallest absolute Gasteiger partial charge is 0.292 e. The van der Waals surface area contributed by atoms with Crippen LogP contribution in [0, 0.1) is 6.92 Å². The highest BCUT2D eigenvalue weighted by atomic mass is 16.5. The van der Waals surface area contributed by atoms with Gasteiger partial charge in [0.2, 0.25) is 0 Å². The molecule has 1 aromatic carbocycles. The Bertz CT molecular complexity index is 492. The fourth-order valence-corrected chi connectivity index (χ4v) is 1.55. The van der Waals surface area contributed by atoms with Gasteiger partial charge in [-0.3, -0.25) is 0 Å². The molecule has 2 rings (SSSR count). The van der Waals surface area contributed by atoms with E-state index in [0.29, 0.717) is 6.61 Å². The van der Waals surface area contributed by atoms with Crippen LogP contribution in [0.5, 0.6) is 5.75 Å². The Morgan fingerprint density at radius 1 is 1.44 bits per heavy atom. The van der Waals surface area contributed by atoms with Gasteiger partial charge in [0.1, 0.15) is 17.7 Å². The van der Waals surface area contributed by atoms with Gasteiger partial charge in [0.15, 0.2) is 0 Å². The predicted molar refractivity (Wildman–Crippen MR) is 62.3 cm³/mol. The second kappa shape index (κ2) is 4.26. The Morgan fingerprint density at radius 3 is 2.81 bits per heavy atom. The van der Waals surface area contributed by atoms with E-state index in [-0.39, 0.29) is 6.01 Å². The summed E-state index contributed by atoms with van der Waals surface area (Å²) in [4.78, 5) is 4.07. The number of aromatic nitrogens is 1. The molecule has 0 atom stereocenters. The van der Waals surface area contributed by atoms with Crippen LogP contribution in [0.25, 0.3) is 11.3 Å². The van der Waals surface area contributed by atoms with E-state index in [1.54, 1.807) is 6.26 Å². The number of ether oxygens (including phenoxy) is 1. The minimum atomic E-state index is 0.182. The van der Waals surface area contributed by atoms with Crippen molar-refractivity contribution >= 4 is 6.01 Å². The van der Waals surface area contributed by atoms with Gasteiger partial charge in [0, 0.05) is 5.56 Å². The molecule has 4 heteroatoms. The van der Waals surface area contributed by atoms with Crippen molar-refractivity contribution in [3.05, 3.63) is 30.0 Å². The van der Waals surface area contributed by atoms with E-state index in [9.17, 15) is 0 Å². The van der Waals surface area contributed by atoms with Crippen LogP contribution in [0.15, 0.2) is 28.9 Å². The number of rotatable bonds is 3. The first-order valence-electron chi connectivity index (χ1n) is 5.15. The molecule has 0 unspecified atom stereocenters. The van der Waals surface area contributed by atoms with E-state index in [2.05, 4.69) is 4.98 Å². The Hall–Kier alpha value is -1.97. The average Bonchev–Trinajstić information content (AvgIpc) is 2.68. The number of aryl methyl sites for hydroxylation is 1. The van der Waals surface area contributed by atoms with Crippen LogP contribution in [0.3, 0.4) is 0 Å². The van der Waals surface area contributed by atoms with Crippen LogP contribution in [0.4, 0.5) is 6.01 Å². The quantitative estimate of drug-likeness (QED) is 0.860. The largest absolute Gasteiger partial charge is 0.494 e. The van der Waals surface area contributed by atoms with E-state index in [1.807, 2.05) is 32.0 Å². The molecular formula is C12H14N2O2. The maximum atomic E-state index is 5.46. The van der Waals surface area contributed by atoms with Gasteiger partial charge in [-0.2, -0.15) is 4.98 Å². The lowest BCUT2D eigenvalue weighted by molar-refractivity contribution is 0.338. The summed E-state index contributed by atoms with van der Waals surface area (Å²) >= 11 is 0. The topological polar surface area (TPSA) is 61.3 Å². The van der Waals surface area contributed by atoms with Gasteiger partial charge >= 0.3 is 0 Å². The summed E-state index contributed by atoms with van der Waals surface area (Å²) < 4.78 is 10.4. The summed E-state index contributed by atoms with van der Waals surface area (Å²) in [6.07, 6.45) is 1.55. The Morgan fingerprint density at radius 2 is 2.25 bits per heavy atom. The maximum absolute atomic E-state index is 5.46. The van der Waals surface area contributed by atoms with Gasteiger partial charge < -0.3 is 14.9 Å². The van der Waals surface area contributed by atoms with Gasteiger partial charge in [0.25, 0.3) is 6.01 Å². The number of anilines is 1. The number of nitrogens with two attached hydrogens (primary N) is 1. The lowest BCUT2D eigenvalue weighted by Gasteiger charge is -2.07. The minimum Gasteiger partial charge on any atom is -0.494 e. The number of benzene rings is 1. The summed E-state index contributed by atoms with van der Waals surface area (Å²) in [5.41, 5.74) is 8.21. The van der Waals surface area contributed by atoms with E-state index in [4.69, 9.17) is 14.9 Å². The Kier molecular flexibility index (Phi) is 2.81. The van der Waals surface area contributed by atoms with Crippen molar-refractivity contribution in [2.45, 2.75) is 13.8 Å². The fourth-order valence-electron chi connectivity index (χ4n) is 1.55. The molecule has 2 N–H and O–H groups in total. The zero-order chi connectivity index (χ0) is 11.5. The van der Waals surface area contributed by atoms with Crippen molar-refractivity contribution in [3.8, 4) is 17.0 Å². The van der Waals surface area contributed by atoms with Gasteiger partial charge in [-0.15, -0.1) is 0 Å². The summed E-state index contributed by atoms with van der Waals surface area (Å²) in [6, 6.07) is 6.05. The van der Waals surface area contributed by atoms with Crippen LogP contribution in [-0.4, -0.2) is 11.6 Å². The highest BCUT2D eigenvalue weighted by Gasteiger charge is 2.06. The number of oxazole rings is 1. The zero-order valence-electron chi connectivity index (χ0n) is 9.36. The van der Waals surface area contributed by atoms with Crippen LogP contribution in [0.2, 0.25) is 0 Å². The number of hydrogen-bond acceptors (Lipinski definition) is 4. The summed E-state index contributed by atoms with van der Waals surface area (Å²) in [5.74, 6) is 0.891. The molecule has 0 fully saturated rings. The van der Waals surface area contributed by atoms with Gasteiger partial charge in [0.05, 0.1) is 6.61 Å². The van der Waals surface area contributed by atoms with Gasteiger partial charge in [-0.25, -0.2) is 0 Å². The Balaban J connectivity index is 2.34. The molecule has 1 aromatic heterocycles. The number of nitrogens with zero attached hydrogens (tertiary/aromatic N) is 1. The van der Waals surface area contributed by atoms with Crippen molar-refractivity contribution in [2.24, 2.45) is 0 Å². The number of nitrogen functional groups attached to an aromatic ring is 1. The van der Waals surface area contributed by atoms with Gasteiger partial charge in [-0.05, 0) is 37.6 Å². The third-order valence-corrected chi connectivity index (χ3v) is 2.29. The molecule has 1 heterocycles. The first-order chi connectivity index (χ1) is 7.70. The van der Waals surface area contributed by atoms with Gasteiger partial charge in [-0.1, -0.05) is 0 Å². The van der Waals surface area contributed by atoms with Crippen molar-refractivity contribution < 1.29 is 9.15 Å². The molecule has 0 aliphatic rings. The normalized spacial score (nSPS) is 10.4. The molecule has 16 heavy (non-hydrogen) atoms. The van der Waals surface area contributed by atoms with E-state index in [1.165, 1.54) is 0 Å². The predicted octanol–water partition coefficient (Wildman–Crippen LogP) is 2.63. The highest BCUT2D eigenvalue weighted by molar-refractivity contribution is 5.61. The molecule has 0 saturated carbocycles. The molecule has 2 aromatic rings. The van der Waals surface area contributed by atoms with Crippen molar-refractivity contribution in [1.29, 1.82) is 0 Å². The standard InChI is InChI=1S/C12H14N2O2/c1-3-15-11-5-4-9(6-8(11)2)10-7-16-12(13)14-10/h4-7H,3H2,1-2H3,(H2,13,14). The first-order valence-corrected chi connectivity index (χ1v) is 5.15. The molecule has 84 valence electrons. The monoisotopic (exact) mass is 218 g/mol. The lowest BCUT2D eigenvalue weighted by atomic mass is 10.1. The number of hydrogen-bond donors (Lipinski definition) is 1. The second-order valence-corrected chi connectivity index (χ2v) is 3.48. The highest BCUT2D eigenvalue weighted by Crippen LogP contribution is 2.26. The summed E-state index contributed by atoms with van der Waals surface area (Å²) in [7, 11) is 0. The SMILES string of the molecule is CCOc1ccc(-c2coc(N)n2)cc1C. The van der Waals surface area contributed by atoms with Crippen LogP contribution < -0.4 is 10.5 Å². The zero-order valence-corrected chi connectivity index (χ0v) is 9.36. The second-order valence-electron chi connectivity index (χ2n) is 3.48. The third kappa shape index (κ3) is 2.00. The lowest BCUT2D eigenvalue weighted by Crippen LogP contribution is -1.94. The molecule has 0 spiro atoms. The molecule has 4 nitrogen and oxygen atoms in total. The first kappa shape index (κ1) is 10.5. The Labute approximate surface area is 94.1 Å². The van der Waals surface area contributed by atoms with Crippen molar-refractivity contribution in [3.63, 3.8) is 0 Å². The third-order valence-electron chi connectivity index (χ3n) is 2.29. The molecule has 0 radical (unpaired) electrons. The fraction of sp³-hybridized carbons (Fsp3) is 0.250. The minimum absolute atomic E-state index is 0.182. The van der Waals surface area contributed by atoms with Crippen LogP contribution in [0.1, 0.15) is 12.5 Å². The summed E-state index contributed by atoms with van der Waals surface area (Å²) in [6.45, 7) is 4.63. The van der Waals surface area contributed by atoms with Crippen LogP contribution >= 0.6 is 0 Å². The van der Waals surface area contributed by atoms with Crippen molar-refractivity contribution in [2.75, 3.05) is 12.3 Å². The molecule has 0 aliphatic heterocycles. The molecule has 0 saturated heterocycles. The van der Waals surface area contributed by atoms with Crippen molar-refractivity contribution in [1.82, 2.24) is 4.98 Å².